The first-order valence-electron chi connectivity index (χ1n) is 4.57. The van der Waals surface area contributed by atoms with E-state index in [-0.39, 0.29) is 18.0 Å². The monoisotopic (exact) mass is 230 g/mol. The fourth-order valence-corrected chi connectivity index (χ4v) is 1.85. The van der Waals surface area contributed by atoms with E-state index < -0.39 is 9.84 Å². The molecular formula is C9H14N2O3S. The quantitative estimate of drug-likeness (QED) is 0.688. The number of sulfone groups is 1. The molecule has 0 unspecified atom stereocenters. The van der Waals surface area contributed by atoms with Gasteiger partial charge in [0.1, 0.15) is 15.5 Å². The Balaban J connectivity index is 2.44. The van der Waals surface area contributed by atoms with Gasteiger partial charge in [-0.25, -0.2) is 13.4 Å². The average Bonchev–Trinajstić information content (AvgIpc) is 2.49. The van der Waals surface area contributed by atoms with Crippen molar-refractivity contribution >= 4 is 15.6 Å². The number of rotatable bonds is 5. The van der Waals surface area contributed by atoms with Gasteiger partial charge in [-0.15, -0.1) is 0 Å². The Morgan fingerprint density at radius 2 is 2.20 bits per heavy atom. The summed E-state index contributed by atoms with van der Waals surface area (Å²) >= 11 is 0. The minimum atomic E-state index is -2.97. The fourth-order valence-electron chi connectivity index (χ4n) is 1.18. The minimum Gasteiger partial charge on any atom is -0.340 e. The van der Waals surface area contributed by atoms with Gasteiger partial charge < -0.3 is 4.57 Å². The summed E-state index contributed by atoms with van der Waals surface area (Å²) in [6.45, 7) is 0. The lowest BCUT2D eigenvalue weighted by Gasteiger charge is -1.96. The van der Waals surface area contributed by atoms with Crippen molar-refractivity contribution in [3.8, 4) is 0 Å². The molecule has 5 nitrogen and oxygen atoms in total. The molecule has 0 saturated heterocycles. The van der Waals surface area contributed by atoms with Crippen molar-refractivity contribution in [2.24, 2.45) is 7.05 Å². The van der Waals surface area contributed by atoms with Gasteiger partial charge in [0.25, 0.3) is 0 Å². The zero-order valence-electron chi connectivity index (χ0n) is 8.80. The van der Waals surface area contributed by atoms with Gasteiger partial charge in [0.2, 0.25) is 0 Å². The Kier molecular flexibility index (Phi) is 3.62. The number of aryl methyl sites for hydroxylation is 1. The Morgan fingerprint density at radius 1 is 1.53 bits per heavy atom. The van der Waals surface area contributed by atoms with E-state index in [2.05, 4.69) is 4.98 Å². The summed E-state index contributed by atoms with van der Waals surface area (Å²) in [7, 11) is -1.20. The lowest BCUT2D eigenvalue weighted by molar-refractivity contribution is 0.0977. The maximum atomic E-state index is 11.5. The third-order valence-corrected chi connectivity index (χ3v) is 2.94. The second kappa shape index (κ2) is 4.57. The van der Waals surface area contributed by atoms with E-state index in [0.29, 0.717) is 12.1 Å². The molecule has 0 fully saturated rings. The number of carbonyl (C=O) groups excluding carboxylic acids is 1. The molecule has 0 aliphatic heterocycles. The van der Waals surface area contributed by atoms with Crippen molar-refractivity contribution in [1.82, 2.24) is 9.55 Å². The van der Waals surface area contributed by atoms with Gasteiger partial charge in [-0.05, 0) is 6.42 Å². The normalized spacial score (nSPS) is 11.6. The summed E-state index contributed by atoms with van der Waals surface area (Å²) in [4.78, 5) is 15.4. The van der Waals surface area contributed by atoms with E-state index in [1.54, 1.807) is 24.1 Å². The maximum Gasteiger partial charge on any atom is 0.182 e. The number of ketones is 1. The molecule has 0 amide bonds. The number of imidazole rings is 1. The van der Waals surface area contributed by atoms with Crippen LogP contribution in [-0.4, -0.2) is 35.8 Å². The molecule has 0 saturated carbocycles. The first kappa shape index (κ1) is 11.9. The highest BCUT2D eigenvalue weighted by atomic mass is 32.2. The molecule has 0 aromatic carbocycles. The molecule has 1 rings (SSSR count). The summed E-state index contributed by atoms with van der Waals surface area (Å²) in [5.74, 6) is -0.0646. The zero-order valence-corrected chi connectivity index (χ0v) is 9.62. The van der Waals surface area contributed by atoms with Gasteiger partial charge in [0, 0.05) is 25.9 Å². The van der Waals surface area contributed by atoms with Crippen molar-refractivity contribution in [2.75, 3.05) is 12.0 Å². The van der Waals surface area contributed by atoms with Crippen LogP contribution in [0, 0.1) is 0 Å². The Bertz CT molecular complexity index is 448. The van der Waals surface area contributed by atoms with E-state index in [4.69, 9.17) is 0 Å². The third-order valence-electron chi connectivity index (χ3n) is 1.91. The second-order valence-corrected chi connectivity index (χ2v) is 5.84. The Hall–Kier alpha value is -1.17. The molecule has 84 valence electrons. The topological polar surface area (TPSA) is 69.0 Å². The van der Waals surface area contributed by atoms with Crippen LogP contribution < -0.4 is 0 Å². The van der Waals surface area contributed by atoms with Crippen LogP contribution in [-0.2, 0) is 16.9 Å². The molecule has 0 aliphatic rings. The molecule has 1 heterocycles. The van der Waals surface area contributed by atoms with Crippen LogP contribution in [0.3, 0.4) is 0 Å². The van der Waals surface area contributed by atoms with Gasteiger partial charge in [0.05, 0.1) is 12.1 Å². The lowest BCUT2D eigenvalue weighted by atomic mass is 10.2. The van der Waals surface area contributed by atoms with Crippen LogP contribution in [0.25, 0.3) is 0 Å². The maximum absolute atomic E-state index is 11.5. The number of nitrogens with zero attached hydrogens (tertiary/aromatic N) is 2. The van der Waals surface area contributed by atoms with E-state index in [1.807, 2.05) is 0 Å². The van der Waals surface area contributed by atoms with Gasteiger partial charge in [-0.1, -0.05) is 0 Å². The smallest absolute Gasteiger partial charge is 0.182 e. The molecule has 0 atom stereocenters. The summed E-state index contributed by atoms with van der Waals surface area (Å²) in [5, 5.41) is 0. The van der Waals surface area contributed by atoms with Gasteiger partial charge >= 0.3 is 0 Å². The van der Waals surface area contributed by atoms with E-state index >= 15 is 0 Å². The summed E-state index contributed by atoms with van der Waals surface area (Å²) < 4.78 is 23.3. The van der Waals surface area contributed by atoms with Crippen LogP contribution in [0.4, 0.5) is 0 Å². The van der Waals surface area contributed by atoms with Gasteiger partial charge in [-0.2, -0.15) is 0 Å². The molecule has 1 aromatic rings. The number of hydrogen-bond acceptors (Lipinski definition) is 4. The highest BCUT2D eigenvalue weighted by Gasteiger charge is 2.10. The zero-order chi connectivity index (χ0) is 11.5. The number of Topliss-reactive ketones (excluding diaryl/α,β-unsaturated/α-hetero) is 1. The van der Waals surface area contributed by atoms with Crippen molar-refractivity contribution in [3.63, 3.8) is 0 Å². The molecule has 0 radical (unpaired) electrons. The SMILES string of the molecule is Cn1cnc(C(=O)CCCS(C)(=O)=O)c1. The summed E-state index contributed by atoms with van der Waals surface area (Å²) in [5.41, 5.74) is 0.394. The van der Waals surface area contributed by atoms with Crippen LogP contribution in [0.1, 0.15) is 23.3 Å². The number of aromatic nitrogens is 2. The summed E-state index contributed by atoms with van der Waals surface area (Å²) in [6, 6.07) is 0. The average molecular weight is 230 g/mol. The van der Waals surface area contributed by atoms with Crippen molar-refractivity contribution in [1.29, 1.82) is 0 Å². The van der Waals surface area contributed by atoms with Crippen LogP contribution >= 0.6 is 0 Å². The van der Waals surface area contributed by atoms with Crippen LogP contribution in [0.5, 0.6) is 0 Å². The molecule has 6 heteroatoms. The molecule has 0 N–H and O–H groups in total. The minimum absolute atomic E-state index is 0.0472. The number of hydrogen-bond donors (Lipinski definition) is 0. The second-order valence-electron chi connectivity index (χ2n) is 3.58. The van der Waals surface area contributed by atoms with Crippen LogP contribution in [0.2, 0.25) is 0 Å². The van der Waals surface area contributed by atoms with E-state index in [9.17, 15) is 13.2 Å². The Morgan fingerprint density at radius 3 is 2.67 bits per heavy atom. The van der Waals surface area contributed by atoms with Crippen molar-refractivity contribution in [2.45, 2.75) is 12.8 Å². The molecular weight excluding hydrogens is 216 g/mol. The largest absolute Gasteiger partial charge is 0.340 e. The number of carbonyl (C=O) groups is 1. The molecule has 0 aliphatic carbocycles. The Labute approximate surface area is 89.0 Å². The molecule has 1 aromatic heterocycles. The van der Waals surface area contributed by atoms with Crippen LogP contribution in [0.15, 0.2) is 12.5 Å². The first-order valence-corrected chi connectivity index (χ1v) is 6.63. The molecule has 0 spiro atoms. The predicted octanol–water partition coefficient (Wildman–Crippen LogP) is 0.428. The van der Waals surface area contributed by atoms with E-state index in [0.717, 1.165) is 6.26 Å². The molecule has 15 heavy (non-hydrogen) atoms. The van der Waals surface area contributed by atoms with Crippen molar-refractivity contribution in [3.05, 3.63) is 18.2 Å². The van der Waals surface area contributed by atoms with Gasteiger partial charge in [0.15, 0.2) is 5.78 Å². The highest BCUT2D eigenvalue weighted by molar-refractivity contribution is 7.90. The third kappa shape index (κ3) is 4.24. The van der Waals surface area contributed by atoms with E-state index in [1.165, 1.54) is 0 Å². The van der Waals surface area contributed by atoms with Gasteiger partial charge in [-0.3, -0.25) is 4.79 Å². The lowest BCUT2D eigenvalue weighted by Crippen LogP contribution is -2.06. The van der Waals surface area contributed by atoms with Crippen molar-refractivity contribution < 1.29 is 13.2 Å². The summed E-state index contributed by atoms with van der Waals surface area (Å²) in [6.07, 6.45) is 4.92. The fraction of sp³-hybridized carbons (Fsp3) is 0.556. The molecule has 0 bridgehead atoms. The standard InChI is InChI=1S/C9H14N2O3S/c1-11-6-8(10-7-11)9(12)4-3-5-15(2,13)14/h6-7H,3-5H2,1-2H3. The first-order chi connectivity index (χ1) is 6.88. The highest BCUT2D eigenvalue weighted by Crippen LogP contribution is 2.03. The predicted molar refractivity (Wildman–Crippen MR) is 56.5 cm³/mol.